The number of nitrogen functional groups attached to an aromatic ring is 1. The first-order valence-corrected chi connectivity index (χ1v) is 13.1. The van der Waals surface area contributed by atoms with Gasteiger partial charge in [-0.15, -0.1) is 0 Å². The van der Waals surface area contributed by atoms with Crippen molar-refractivity contribution in [2.75, 3.05) is 18.8 Å². The minimum Gasteiger partial charge on any atom is -0.457 e. The summed E-state index contributed by atoms with van der Waals surface area (Å²) in [4.78, 5) is 31.5. The number of likely N-dealkylation sites (tertiary alicyclic amines) is 1. The number of nitrogens with zero attached hydrogens (tertiary/aromatic N) is 4. The highest BCUT2D eigenvalue weighted by Crippen LogP contribution is 2.37. The Balaban J connectivity index is 1.34. The molecule has 39 heavy (non-hydrogen) atoms. The van der Waals surface area contributed by atoms with Crippen LogP contribution in [0.3, 0.4) is 0 Å². The summed E-state index contributed by atoms with van der Waals surface area (Å²) in [6.45, 7) is 8.50. The predicted octanol–water partition coefficient (Wildman–Crippen LogP) is 5.14. The van der Waals surface area contributed by atoms with Gasteiger partial charge < -0.3 is 19.9 Å². The van der Waals surface area contributed by atoms with Crippen LogP contribution in [-0.4, -0.2) is 38.7 Å². The van der Waals surface area contributed by atoms with Crippen LogP contribution in [0.2, 0.25) is 0 Å². The number of anilines is 1. The molecule has 1 atom stereocenters. The van der Waals surface area contributed by atoms with Crippen molar-refractivity contribution in [2.24, 2.45) is 5.92 Å². The third-order valence-electron chi connectivity index (χ3n) is 7.36. The zero-order chi connectivity index (χ0) is 26.9. The van der Waals surface area contributed by atoms with E-state index in [2.05, 4.69) is 15.0 Å². The number of fused-ring (bicyclic) bond motifs is 1. The second-order valence-corrected chi connectivity index (χ2v) is 10.1. The van der Waals surface area contributed by atoms with Crippen molar-refractivity contribution in [1.82, 2.24) is 19.7 Å². The van der Waals surface area contributed by atoms with Crippen molar-refractivity contribution in [3.05, 3.63) is 94.3 Å². The number of hydrogen-bond donors (Lipinski definition) is 2. The molecule has 4 aromatic rings. The van der Waals surface area contributed by atoms with E-state index in [0.717, 1.165) is 42.6 Å². The number of H-pyrrole nitrogens is 1. The maximum atomic E-state index is 13.2. The summed E-state index contributed by atoms with van der Waals surface area (Å²) in [5.41, 5.74) is 8.23. The number of para-hydroxylation sites is 1. The Morgan fingerprint density at radius 2 is 1.85 bits per heavy atom. The first-order chi connectivity index (χ1) is 19.0. The monoisotopic (exact) mass is 520 g/mol. The Morgan fingerprint density at radius 1 is 1.10 bits per heavy atom. The summed E-state index contributed by atoms with van der Waals surface area (Å²) in [5, 5.41) is 7.12. The van der Waals surface area contributed by atoms with Gasteiger partial charge in [0.2, 0.25) is 5.70 Å². The van der Waals surface area contributed by atoms with E-state index in [-0.39, 0.29) is 29.0 Å². The molecule has 2 aromatic carbocycles. The topological polar surface area (TPSA) is 111 Å². The molecule has 1 aliphatic carbocycles. The fourth-order valence-corrected chi connectivity index (χ4v) is 5.24. The van der Waals surface area contributed by atoms with Crippen LogP contribution in [0.5, 0.6) is 11.5 Å². The molecule has 1 saturated carbocycles. The van der Waals surface area contributed by atoms with Crippen LogP contribution in [0.15, 0.2) is 77.4 Å². The molecular formula is C30H28N6O3. The summed E-state index contributed by atoms with van der Waals surface area (Å²) >= 11 is 0. The average molecular weight is 521 g/mol. The highest BCUT2D eigenvalue weighted by Gasteiger charge is 2.31. The number of allylic oxidation sites excluding steroid dienone is 1. The van der Waals surface area contributed by atoms with Crippen LogP contribution in [-0.2, 0) is 4.79 Å². The van der Waals surface area contributed by atoms with Crippen molar-refractivity contribution in [3.63, 3.8) is 0 Å². The molecular weight excluding hydrogens is 492 g/mol. The lowest BCUT2D eigenvalue weighted by atomic mass is 10.0. The highest BCUT2D eigenvalue weighted by atomic mass is 16.5. The normalized spacial score (nSPS) is 17.7. The Labute approximate surface area is 225 Å². The van der Waals surface area contributed by atoms with E-state index >= 15 is 0 Å². The van der Waals surface area contributed by atoms with Gasteiger partial charge in [0.1, 0.15) is 17.0 Å². The molecule has 0 bridgehead atoms. The molecule has 1 aliphatic heterocycles. The van der Waals surface area contributed by atoms with E-state index in [0.29, 0.717) is 35.7 Å². The number of aromatic nitrogens is 3. The number of benzene rings is 2. The Morgan fingerprint density at radius 3 is 2.56 bits per heavy atom. The molecule has 6 rings (SSSR count). The number of ether oxygens (including phenoxy) is 1. The lowest BCUT2D eigenvalue weighted by Crippen LogP contribution is -2.41. The first-order valence-electron chi connectivity index (χ1n) is 13.1. The zero-order valence-corrected chi connectivity index (χ0v) is 21.3. The van der Waals surface area contributed by atoms with Crippen molar-refractivity contribution in [2.45, 2.75) is 31.7 Å². The number of hydrogen-bond acceptors (Lipinski definition) is 5. The minimum absolute atomic E-state index is 0.143. The van der Waals surface area contributed by atoms with Gasteiger partial charge in [0.15, 0.2) is 5.82 Å². The van der Waals surface area contributed by atoms with Gasteiger partial charge in [-0.05, 0) is 61.4 Å². The second-order valence-electron chi connectivity index (χ2n) is 10.1. The molecule has 1 saturated heterocycles. The van der Waals surface area contributed by atoms with Gasteiger partial charge in [-0.2, -0.15) is 5.10 Å². The Kier molecular flexibility index (Phi) is 6.37. The number of carbonyl (C=O) groups excluding carboxylic acids is 1. The van der Waals surface area contributed by atoms with E-state index in [1.54, 1.807) is 4.90 Å². The van der Waals surface area contributed by atoms with Crippen molar-refractivity contribution >= 4 is 22.6 Å². The number of aromatic amines is 1. The third-order valence-corrected chi connectivity index (χ3v) is 7.36. The van der Waals surface area contributed by atoms with Gasteiger partial charge in [-0.1, -0.05) is 36.4 Å². The predicted molar refractivity (Wildman–Crippen MR) is 149 cm³/mol. The van der Waals surface area contributed by atoms with Gasteiger partial charge in [-0.3, -0.25) is 9.59 Å². The molecule has 2 aliphatic rings. The summed E-state index contributed by atoms with van der Waals surface area (Å²) in [6.07, 6.45) is 7.36. The van der Waals surface area contributed by atoms with E-state index in [1.807, 2.05) is 71.4 Å². The number of nitrogens with two attached hydrogens (primary N) is 1. The number of amides is 1. The third kappa shape index (κ3) is 4.89. The molecule has 196 valence electrons. The molecule has 2 aromatic heterocycles. The Hall–Kier alpha value is -4.84. The quantitative estimate of drug-likeness (QED) is 0.270. The lowest BCUT2D eigenvalue weighted by molar-refractivity contribution is -0.128. The molecule has 0 unspecified atom stereocenters. The Bertz CT molecular complexity index is 1660. The summed E-state index contributed by atoms with van der Waals surface area (Å²) < 4.78 is 7.86. The van der Waals surface area contributed by atoms with Crippen LogP contribution in [0, 0.1) is 12.5 Å². The second kappa shape index (κ2) is 10.1. The zero-order valence-electron chi connectivity index (χ0n) is 21.3. The molecule has 9 heteroatoms. The maximum absolute atomic E-state index is 13.2. The molecule has 0 radical (unpaired) electrons. The van der Waals surface area contributed by atoms with Gasteiger partial charge >= 0.3 is 0 Å². The first kappa shape index (κ1) is 24.5. The number of rotatable bonds is 6. The van der Waals surface area contributed by atoms with Crippen LogP contribution in [0.25, 0.3) is 26.9 Å². The van der Waals surface area contributed by atoms with Crippen LogP contribution >= 0.6 is 0 Å². The van der Waals surface area contributed by atoms with E-state index in [9.17, 15) is 9.59 Å². The van der Waals surface area contributed by atoms with Crippen LogP contribution in [0.1, 0.15) is 31.7 Å². The van der Waals surface area contributed by atoms with Gasteiger partial charge in [0.05, 0.1) is 18.0 Å². The van der Waals surface area contributed by atoms with E-state index < -0.39 is 0 Å². The number of nitrogens with one attached hydrogen (secondary N) is 1. The van der Waals surface area contributed by atoms with Gasteiger partial charge in [0.25, 0.3) is 11.5 Å². The van der Waals surface area contributed by atoms with E-state index in [1.165, 1.54) is 0 Å². The fraction of sp³-hybridized carbons (Fsp3) is 0.267. The average Bonchev–Trinajstić information content (AvgIpc) is 3.70. The molecule has 2 fully saturated rings. The summed E-state index contributed by atoms with van der Waals surface area (Å²) in [6, 6.07) is 17.0. The summed E-state index contributed by atoms with van der Waals surface area (Å²) in [5.74, 6) is 1.77. The van der Waals surface area contributed by atoms with Crippen LogP contribution < -0.4 is 16.0 Å². The fourth-order valence-electron chi connectivity index (χ4n) is 5.24. The standard InChI is InChI=1S/C30H28N6O3/c1-32-25(16-19-9-10-19)30(38)35-15-5-6-21(17-35)36-18-24(26-27(36)29(37)34-33-28(26)31)20-11-13-23(14-12-20)39-22-7-3-2-4-8-22/h2-4,7-8,11-14,16,18-19,21H,5-6,9-10,15,17H2,(H2,31,33)(H,34,37)/b25-16-/t21-/m1/s1. The molecule has 1 amide bonds. The van der Waals surface area contributed by atoms with Crippen molar-refractivity contribution < 1.29 is 9.53 Å². The maximum Gasteiger partial charge on any atom is 0.288 e. The highest BCUT2D eigenvalue weighted by molar-refractivity contribution is 6.02. The SMILES string of the molecule is [C-]#[N+]/C(=C\C1CC1)C(=O)N1CCC[C@@H](n2cc(-c3ccc(Oc4ccccc4)cc3)c3c(N)n[nH]c(=O)c32)C1. The molecule has 0 spiro atoms. The van der Waals surface area contributed by atoms with Crippen molar-refractivity contribution in [3.8, 4) is 22.6 Å². The molecule has 3 N–H and O–H groups in total. The number of piperidine rings is 1. The smallest absolute Gasteiger partial charge is 0.288 e. The van der Waals surface area contributed by atoms with Crippen LogP contribution in [0.4, 0.5) is 5.82 Å². The lowest BCUT2D eigenvalue weighted by Gasteiger charge is -2.34. The minimum atomic E-state index is -0.339. The summed E-state index contributed by atoms with van der Waals surface area (Å²) in [7, 11) is 0. The van der Waals surface area contributed by atoms with Gasteiger partial charge in [0, 0.05) is 24.8 Å². The molecule has 9 nitrogen and oxygen atoms in total. The largest absolute Gasteiger partial charge is 0.457 e. The number of carbonyl (C=O) groups is 1. The van der Waals surface area contributed by atoms with E-state index in [4.69, 9.17) is 17.0 Å². The van der Waals surface area contributed by atoms with Gasteiger partial charge in [-0.25, -0.2) is 9.94 Å². The molecule has 3 heterocycles. The van der Waals surface area contributed by atoms with Crippen molar-refractivity contribution in [1.29, 1.82) is 0 Å².